The van der Waals surface area contributed by atoms with Gasteiger partial charge in [0.2, 0.25) is 6.17 Å². The number of anilines is 2. The number of benzene rings is 5. The lowest BCUT2D eigenvalue weighted by molar-refractivity contribution is -0.120. The van der Waals surface area contributed by atoms with Gasteiger partial charge >= 0.3 is 6.03 Å². The molecule has 45 heavy (non-hydrogen) atoms. The molecule has 0 saturated carbocycles. The zero-order valence-corrected chi connectivity index (χ0v) is 24.5. The molecule has 0 spiro atoms. The topological polar surface area (TPSA) is 100 Å². The number of urea groups is 1. The van der Waals surface area contributed by atoms with Gasteiger partial charge in [-0.1, -0.05) is 91.0 Å². The highest BCUT2D eigenvalue weighted by Crippen LogP contribution is 2.29. The van der Waals surface area contributed by atoms with Crippen LogP contribution in [0.4, 0.5) is 16.2 Å². The Morgan fingerprint density at radius 2 is 1.38 bits per heavy atom. The predicted molar refractivity (Wildman–Crippen MR) is 175 cm³/mol. The lowest BCUT2D eigenvalue weighted by Crippen LogP contribution is -2.50. The lowest BCUT2D eigenvalue weighted by Gasteiger charge is -2.25. The lowest BCUT2D eigenvalue weighted by atomic mass is 9.99. The van der Waals surface area contributed by atoms with E-state index in [-0.39, 0.29) is 12.3 Å². The number of benzodiazepines with no additional fused rings is 1. The fraction of sp³-hybridized carbons (Fsp3) is 0.0811. The van der Waals surface area contributed by atoms with Gasteiger partial charge in [0, 0.05) is 22.4 Å². The molecule has 5 aromatic rings. The summed E-state index contributed by atoms with van der Waals surface area (Å²) in [5.41, 5.74) is 4.34. The second-order valence-electron chi connectivity index (χ2n) is 10.5. The van der Waals surface area contributed by atoms with Crippen LogP contribution in [0.15, 0.2) is 138 Å². The number of aryl methyl sites for hydroxylation is 1. The molecule has 8 heteroatoms. The van der Waals surface area contributed by atoms with E-state index in [0.717, 1.165) is 11.1 Å². The van der Waals surface area contributed by atoms with E-state index in [4.69, 9.17) is 9.73 Å². The maximum Gasteiger partial charge on any atom is 0.321 e. The molecule has 0 aliphatic carbocycles. The molecule has 5 aromatic carbocycles. The number of nitrogens with zero attached hydrogens (tertiary/aromatic N) is 2. The molecule has 3 amide bonds. The number of carbonyl (C=O) groups excluding carboxylic acids is 3. The number of aliphatic imine (C=N–C) groups is 1. The van der Waals surface area contributed by atoms with Gasteiger partial charge in [0.1, 0.15) is 11.5 Å². The minimum Gasteiger partial charge on any atom is -0.457 e. The number of rotatable bonds is 8. The summed E-state index contributed by atoms with van der Waals surface area (Å²) >= 11 is 0. The van der Waals surface area contributed by atoms with Crippen LogP contribution in [0.25, 0.3) is 0 Å². The van der Waals surface area contributed by atoms with Crippen LogP contribution in [0.1, 0.15) is 27.0 Å². The molecule has 6 rings (SSSR count). The Morgan fingerprint density at radius 3 is 2.11 bits per heavy atom. The van der Waals surface area contributed by atoms with Crippen molar-refractivity contribution < 1.29 is 19.1 Å². The number of hydrogen-bond acceptors (Lipinski definition) is 5. The summed E-state index contributed by atoms with van der Waals surface area (Å²) in [6.07, 6.45) is -1.31. The normalized spacial score (nSPS) is 14.1. The fourth-order valence-electron chi connectivity index (χ4n) is 5.15. The van der Waals surface area contributed by atoms with E-state index in [2.05, 4.69) is 10.6 Å². The average molecular weight is 595 g/mol. The van der Waals surface area contributed by atoms with Crippen LogP contribution in [0.3, 0.4) is 0 Å². The van der Waals surface area contributed by atoms with E-state index in [1.165, 1.54) is 4.90 Å². The highest BCUT2D eigenvalue weighted by Gasteiger charge is 2.34. The maximum atomic E-state index is 14.2. The molecular weight excluding hydrogens is 564 g/mol. The summed E-state index contributed by atoms with van der Waals surface area (Å²) < 4.78 is 5.83. The van der Waals surface area contributed by atoms with Crippen molar-refractivity contribution in [2.24, 2.45) is 4.99 Å². The van der Waals surface area contributed by atoms with Gasteiger partial charge in [0.15, 0.2) is 5.78 Å². The largest absolute Gasteiger partial charge is 0.457 e. The van der Waals surface area contributed by atoms with Gasteiger partial charge in [-0.3, -0.25) is 9.59 Å². The van der Waals surface area contributed by atoms with E-state index in [9.17, 15) is 14.4 Å². The Hall–Kier alpha value is -6.02. The smallest absolute Gasteiger partial charge is 0.321 e. The Kier molecular flexibility index (Phi) is 8.46. The second-order valence-corrected chi connectivity index (χ2v) is 10.5. The monoisotopic (exact) mass is 594 g/mol. The third-order valence-electron chi connectivity index (χ3n) is 7.36. The van der Waals surface area contributed by atoms with Gasteiger partial charge in [-0.05, 0) is 55.0 Å². The Labute approximate surface area is 261 Å². The van der Waals surface area contributed by atoms with E-state index in [1.54, 1.807) is 42.5 Å². The molecular formula is C37H30N4O4. The molecule has 1 heterocycles. The van der Waals surface area contributed by atoms with E-state index < -0.39 is 18.1 Å². The molecule has 0 aromatic heterocycles. The Balaban J connectivity index is 1.28. The number of fused-ring (bicyclic) bond motifs is 1. The Morgan fingerprint density at radius 1 is 0.756 bits per heavy atom. The maximum absolute atomic E-state index is 14.2. The summed E-state index contributed by atoms with van der Waals surface area (Å²) in [6, 6.07) is 39.7. The van der Waals surface area contributed by atoms with Gasteiger partial charge in [0.05, 0.1) is 17.9 Å². The quantitative estimate of drug-likeness (QED) is 0.189. The first-order valence-corrected chi connectivity index (χ1v) is 14.5. The molecule has 222 valence electrons. The number of ether oxygens (including phenoxy) is 1. The number of para-hydroxylation sites is 2. The molecule has 1 aliphatic heterocycles. The zero-order chi connectivity index (χ0) is 31.2. The van der Waals surface area contributed by atoms with Crippen molar-refractivity contribution in [2.45, 2.75) is 13.1 Å². The van der Waals surface area contributed by atoms with Crippen LogP contribution in [0.2, 0.25) is 0 Å². The van der Waals surface area contributed by atoms with Gasteiger partial charge in [-0.25, -0.2) is 9.79 Å². The Bertz CT molecular complexity index is 1870. The first-order valence-electron chi connectivity index (χ1n) is 14.5. The highest BCUT2D eigenvalue weighted by molar-refractivity contribution is 6.21. The SMILES string of the molecule is Cc1ccccc1C(=O)CN1C(=O)[C@@H](NC(=O)Nc2ccc(Oc3ccccc3)cc2)N=C(c2ccccc2)c2ccccc21. The van der Waals surface area contributed by atoms with Crippen molar-refractivity contribution in [1.29, 1.82) is 0 Å². The summed E-state index contributed by atoms with van der Waals surface area (Å²) in [6.45, 7) is 1.64. The minimum absolute atomic E-state index is 0.221. The van der Waals surface area contributed by atoms with Gasteiger partial charge in [-0.15, -0.1) is 0 Å². The minimum atomic E-state index is -1.31. The molecule has 2 N–H and O–H groups in total. The third-order valence-corrected chi connectivity index (χ3v) is 7.36. The standard InChI is InChI=1S/C37H30N4O4/c1-25-12-8-9-17-30(25)33(42)24-41-32-19-11-10-18-31(32)34(26-13-4-2-5-14-26)39-35(36(41)43)40-37(44)38-27-20-22-29(23-21-27)45-28-15-6-3-7-16-28/h2-23,35H,24H2,1H3,(H2,38,40,44)/t35-/m1/s1. The van der Waals surface area contributed by atoms with Crippen LogP contribution in [0, 0.1) is 6.92 Å². The molecule has 0 unspecified atom stereocenters. The number of ketones is 1. The summed E-state index contributed by atoms with van der Waals surface area (Å²) in [7, 11) is 0. The van der Waals surface area contributed by atoms with Crippen molar-refractivity contribution in [1.82, 2.24) is 5.32 Å². The van der Waals surface area contributed by atoms with Crippen molar-refractivity contribution in [3.8, 4) is 11.5 Å². The first kappa shape index (κ1) is 29.1. The number of amides is 3. The van der Waals surface area contributed by atoms with Gasteiger partial charge < -0.3 is 20.3 Å². The summed E-state index contributed by atoms with van der Waals surface area (Å²) in [4.78, 5) is 47.1. The molecule has 0 saturated heterocycles. The fourth-order valence-corrected chi connectivity index (χ4v) is 5.15. The number of carbonyl (C=O) groups is 3. The summed E-state index contributed by atoms with van der Waals surface area (Å²) in [5, 5.41) is 5.50. The van der Waals surface area contributed by atoms with Crippen LogP contribution in [-0.2, 0) is 4.79 Å². The zero-order valence-electron chi connectivity index (χ0n) is 24.5. The highest BCUT2D eigenvalue weighted by atomic mass is 16.5. The van der Waals surface area contributed by atoms with Crippen LogP contribution < -0.4 is 20.3 Å². The second kappa shape index (κ2) is 13.1. The van der Waals surface area contributed by atoms with Crippen molar-refractivity contribution >= 4 is 34.8 Å². The third kappa shape index (κ3) is 6.65. The van der Waals surface area contributed by atoms with Gasteiger partial charge in [0.25, 0.3) is 5.91 Å². The van der Waals surface area contributed by atoms with Crippen molar-refractivity contribution in [2.75, 3.05) is 16.8 Å². The number of hydrogen-bond donors (Lipinski definition) is 2. The molecule has 0 fully saturated rings. The van der Waals surface area contributed by atoms with Crippen molar-refractivity contribution in [3.63, 3.8) is 0 Å². The van der Waals surface area contributed by atoms with Crippen LogP contribution in [0.5, 0.6) is 11.5 Å². The van der Waals surface area contributed by atoms with Gasteiger partial charge in [-0.2, -0.15) is 0 Å². The van der Waals surface area contributed by atoms with E-state index >= 15 is 0 Å². The molecule has 1 aliphatic rings. The molecule has 0 radical (unpaired) electrons. The molecule has 8 nitrogen and oxygen atoms in total. The van der Waals surface area contributed by atoms with Crippen LogP contribution in [-0.4, -0.2) is 36.1 Å². The molecule has 0 bridgehead atoms. The molecule has 1 atom stereocenters. The van der Waals surface area contributed by atoms with E-state index in [0.29, 0.717) is 39.7 Å². The number of nitrogens with one attached hydrogen (secondary N) is 2. The average Bonchev–Trinajstić information content (AvgIpc) is 3.17. The first-order chi connectivity index (χ1) is 22.0. The predicted octanol–water partition coefficient (Wildman–Crippen LogP) is 7.00. The van der Waals surface area contributed by atoms with Crippen LogP contribution >= 0.6 is 0 Å². The van der Waals surface area contributed by atoms with Crippen molar-refractivity contribution in [3.05, 3.63) is 156 Å². The number of Topliss-reactive ketones (excluding diaryl/α,β-unsaturated/α-hetero) is 1. The summed E-state index contributed by atoms with van der Waals surface area (Å²) in [5.74, 6) is 0.550. The van der Waals surface area contributed by atoms with E-state index in [1.807, 2.05) is 97.9 Å².